The molecule has 0 aliphatic carbocycles. The van der Waals surface area contributed by atoms with Gasteiger partial charge in [-0.25, -0.2) is 9.59 Å². The predicted octanol–water partition coefficient (Wildman–Crippen LogP) is 1.89. The highest BCUT2D eigenvalue weighted by Crippen LogP contribution is 2.19. The summed E-state index contributed by atoms with van der Waals surface area (Å²) < 4.78 is 0. The first-order valence-electron chi connectivity index (χ1n) is 5.59. The maximum atomic E-state index is 10.3. The van der Waals surface area contributed by atoms with Gasteiger partial charge in [0.1, 0.15) is 22.8 Å². The van der Waals surface area contributed by atoms with Crippen LogP contribution in [0.3, 0.4) is 0 Å². The van der Waals surface area contributed by atoms with Crippen molar-refractivity contribution in [3.8, 4) is 17.2 Å². The van der Waals surface area contributed by atoms with Crippen LogP contribution in [0.4, 0.5) is 0 Å². The zero-order valence-electron chi connectivity index (χ0n) is 10.6. The third kappa shape index (κ3) is 4.75. The summed E-state index contributed by atoms with van der Waals surface area (Å²) in [7, 11) is 0. The minimum Gasteiger partial charge on any atom is -0.508 e. The molecule has 0 heterocycles. The Hall–Kier alpha value is -3.22. The first-order chi connectivity index (χ1) is 9.81. The zero-order valence-corrected chi connectivity index (χ0v) is 10.6. The number of hydrogen-bond acceptors (Lipinski definition) is 5. The first kappa shape index (κ1) is 15.8. The molecule has 0 bridgehead atoms. The van der Waals surface area contributed by atoms with Crippen molar-refractivity contribution in [2.75, 3.05) is 0 Å². The number of phenolic OH excluding ortho intramolecular Hbond substituents is 2. The van der Waals surface area contributed by atoms with E-state index in [0.717, 1.165) is 18.2 Å². The highest BCUT2D eigenvalue weighted by Gasteiger charge is 2.06. The van der Waals surface area contributed by atoms with Crippen molar-refractivity contribution in [2.24, 2.45) is 0 Å². The van der Waals surface area contributed by atoms with Crippen molar-refractivity contribution < 1.29 is 35.1 Å². The van der Waals surface area contributed by atoms with Crippen molar-refractivity contribution >= 4 is 11.9 Å². The molecular formula is C14H12O7. The van der Waals surface area contributed by atoms with Gasteiger partial charge in [-0.1, -0.05) is 12.1 Å². The number of benzene rings is 2. The van der Waals surface area contributed by atoms with Crippen molar-refractivity contribution in [3.63, 3.8) is 0 Å². The number of carbonyl (C=O) groups is 2. The molecule has 7 heteroatoms. The van der Waals surface area contributed by atoms with E-state index in [1.54, 1.807) is 12.1 Å². The summed E-state index contributed by atoms with van der Waals surface area (Å²) in [6.07, 6.45) is 0. The number of carboxylic acids is 2. The molecule has 21 heavy (non-hydrogen) atoms. The fourth-order valence-corrected chi connectivity index (χ4v) is 1.37. The molecule has 0 amide bonds. The van der Waals surface area contributed by atoms with Gasteiger partial charge < -0.3 is 25.5 Å². The molecule has 0 unspecified atom stereocenters. The van der Waals surface area contributed by atoms with Gasteiger partial charge >= 0.3 is 11.9 Å². The number of para-hydroxylation sites is 1. The number of aromatic hydroxyl groups is 3. The monoisotopic (exact) mass is 292 g/mol. The van der Waals surface area contributed by atoms with Crippen LogP contribution in [0.5, 0.6) is 17.2 Å². The molecule has 0 radical (unpaired) electrons. The Bertz CT molecular complexity index is 644. The van der Waals surface area contributed by atoms with Gasteiger partial charge in [-0.3, -0.25) is 0 Å². The summed E-state index contributed by atoms with van der Waals surface area (Å²) in [5.41, 5.74) is -0.204. The average molecular weight is 292 g/mol. The Labute approximate surface area is 119 Å². The second kappa shape index (κ2) is 6.80. The number of rotatable bonds is 2. The van der Waals surface area contributed by atoms with Gasteiger partial charge in [0.25, 0.3) is 0 Å². The smallest absolute Gasteiger partial charge is 0.339 e. The molecular weight excluding hydrogens is 280 g/mol. The van der Waals surface area contributed by atoms with E-state index >= 15 is 0 Å². The van der Waals surface area contributed by atoms with E-state index in [-0.39, 0.29) is 28.4 Å². The number of hydrogen-bond donors (Lipinski definition) is 5. The molecule has 0 saturated heterocycles. The lowest BCUT2D eigenvalue weighted by atomic mass is 10.2. The zero-order chi connectivity index (χ0) is 16.0. The second-order valence-corrected chi connectivity index (χ2v) is 3.87. The van der Waals surface area contributed by atoms with Crippen molar-refractivity contribution in [3.05, 3.63) is 53.6 Å². The number of carboxylic acid groups (broad SMARTS) is 2. The Kier molecular flexibility index (Phi) is 5.13. The molecule has 2 rings (SSSR count). The molecule has 5 N–H and O–H groups in total. The lowest BCUT2D eigenvalue weighted by molar-refractivity contribution is 0.0684. The van der Waals surface area contributed by atoms with Crippen LogP contribution in [0.25, 0.3) is 0 Å². The van der Waals surface area contributed by atoms with Gasteiger partial charge in [0, 0.05) is 6.07 Å². The van der Waals surface area contributed by atoms with E-state index < -0.39 is 11.9 Å². The van der Waals surface area contributed by atoms with Crippen LogP contribution in [-0.4, -0.2) is 37.5 Å². The van der Waals surface area contributed by atoms with Gasteiger partial charge in [-0.2, -0.15) is 0 Å². The van der Waals surface area contributed by atoms with Gasteiger partial charge in [-0.15, -0.1) is 0 Å². The quantitative estimate of drug-likeness (QED) is 0.570. The van der Waals surface area contributed by atoms with Crippen LogP contribution in [0.2, 0.25) is 0 Å². The predicted molar refractivity (Wildman–Crippen MR) is 71.8 cm³/mol. The van der Waals surface area contributed by atoms with Crippen molar-refractivity contribution in [2.45, 2.75) is 0 Å². The normalized spacial score (nSPS) is 9.33. The lowest BCUT2D eigenvalue weighted by Crippen LogP contribution is -1.95. The topological polar surface area (TPSA) is 135 Å². The van der Waals surface area contributed by atoms with Gasteiger partial charge in [0.15, 0.2) is 0 Å². The molecule has 0 fully saturated rings. The van der Waals surface area contributed by atoms with Gasteiger partial charge in [-0.05, 0) is 24.3 Å². The SMILES string of the molecule is O=C(O)c1cc(O)cc(O)c1.O=C(O)c1ccccc1O. The van der Waals surface area contributed by atoms with E-state index in [0.29, 0.717) is 0 Å². The first-order valence-corrected chi connectivity index (χ1v) is 5.59. The fourth-order valence-electron chi connectivity index (χ4n) is 1.37. The Morgan fingerprint density at radius 1 is 0.762 bits per heavy atom. The molecule has 2 aromatic rings. The third-order valence-electron chi connectivity index (χ3n) is 2.28. The van der Waals surface area contributed by atoms with E-state index in [1.165, 1.54) is 12.1 Å². The van der Waals surface area contributed by atoms with Crippen LogP contribution in [-0.2, 0) is 0 Å². The molecule has 0 aliphatic heterocycles. The Balaban J connectivity index is 0.000000211. The summed E-state index contributed by atoms with van der Waals surface area (Å²) in [5, 5.41) is 43.4. The van der Waals surface area contributed by atoms with Crippen LogP contribution in [0.15, 0.2) is 42.5 Å². The van der Waals surface area contributed by atoms with Crippen LogP contribution < -0.4 is 0 Å². The molecule has 0 aromatic heterocycles. The number of aromatic carboxylic acids is 2. The number of phenols is 3. The Morgan fingerprint density at radius 3 is 1.67 bits per heavy atom. The maximum Gasteiger partial charge on any atom is 0.339 e. The average Bonchev–Trinajstić information content (AvgIpc) is 2.38. The van der Waals surface area contributed by atoms with Gasteiger partial charge in [0.05, 0.1) is 5.56 Å². The summed E-state index contributed by atoms with van der Waals surface area (Å²) in [6.45, 7) is 0. The van der Waals surface area contributed by atoms with Crippen LogP contribution in [0, 0.1) is 0 Å². The summed E-state index contributed by atoms with van der Waals surface area (Å²) >= 11 is 0. The Morgan fingerprint density at radius 2 is 1.29 bits per heavy atom. The fraction of sp³-hybridized carbons (Fsp3) is 0. The van der Waals surface area contributed by atoms with Crippen LogP contribution >= 0.6 is 0 Å². The summed E-state index contributed by atoms with van der Waals surface area (Å²) in [4.78, 5) is 20.5. The van der Waals surface area contributed by atoms with E-state index in [4.69, 9.17) is 25.5 Å². The van der Waals surface area contributed by atoms with E-state index in [9.17, 15) is 9.59 Å². The lowest BCUT2D eigenvalue weighted by Gasteiger charge is -1.96. The molecule has 0 saturated carbocycles. The molecule has 0 spiro atoms. The largest absolute Gasteiger partial charge is 0.508 e. The van der Waals surface area contributed by atoms with Gasteiger partial charge in [0.2, 0.25) is 0 Å². The molecule has 0 atom stereocenters. The summed E-state index contributed by atoms with van der Waals surface area (Å²) in [6, 6.07) is 8.99. The van der Waals surface area contributed by atoms with E-state index in [2.05, 4.69) is 0 Å². The highest BCUT2D eigenvalue weighted by molar-refractivity contribution is 5.90. The third-order valence-corrected chi connectivity index (χ3v) is 2.28. The minimum atomic E-state index is -1.18. The molecule has 0 aliphatic rings. The standard InChI is InChI=1S/C7H6O4.C7H6O3/c8-5-1-4(7(10)11)2-6(9)3-5;8-6-4-2-1-3-5(6)7(9)10/h1-3,8-9H,(H,10,11);1-4,8H,(H,9,10). The minimum absolute atomic E-state index is 0.0671. The van der Waals surface area contributed by atoms with Crippen LogP contribution in [0.1, 0.15) is 20.7 Å². The molecule has 2 aromatic carbocycles. The summed E-state index contributed by atoms with van der Waals surface area (Å²) in [5.74, 6) is -3.02. The maximum absolute atomic E-state index is 10.3. The van der Waals surface area contributed by atoms with Crippen molar-refractivity contribution in [1.29, 1.82) is 0 Å². The highest BCUT2D eigenvalue weighted by atomic mass is 16.4. The van der Waals surface area contributed by atoms with Crippen molar-refractivity contribution in [1.82, 2.24) is 0 Å². The molecule has 7 nitrogen and oxygen atoms in total. The van der Waals surface area contributed by atoms with E-state index in [1.807, 2.05) is 0 Å². The molecule has 110 valence electrons. The second-order valence-electron chi connectivity index (χ2n) is 3.87.